The van der Waals surface area contributed by atoms with Crippen molar-refractivity contribution in [2.24, 2.45) is 0 Å². The minimum absolute atomic E-state index is 0.202. The lowest BCUT2D eigenvalue weighted by molar-refractivity contribution is 0.0155. The molecule has 10 heteroatoms. The number of aromatic nitrogens is 4. The predicted molar refractivity (Wildman–Crippen MR) is 115 cm³/mol. The number of hydrogen-bond acceptors (Lipinski definition) is 7. The summed E-state index contributed by atoms with van der Waals surface area (Å²) in [6.07, 6.45) is 4.67. The number of aliphatic hydroxyl groups is 1. The molecule has 2 aromatic heterocycles. The van der Waals surface area contributed by atoms with Crippen LogP contribution in [0.4, 0.5) is 10.5 Å². The predicted octanol–water partition coefficient (Wildman–Crippen LogP) is 3.36. The quantitative estimate of drug-likeness (QED) is 0.506. The van der Waals surface area contributed by atoms with Crippen molar-refractivity contribution in [3.05, 3.63) is 23.6 Å². The highest BCUT2D eigenvalue weighted by Crippen LogP contribution is 2.30. The van der Waals surface area contributed by atoms with E-state index in [4.69, 9.17) is 16.3 Å². The first-order chi connectivity index (χ1) is 14.4. The Morgan fingerprint density at radius 1 is 1.47 bits per heavy atom. The van der Waals surface area contributed by atoms with Crippen LogP contribution in [0.2, 0.25) is 5.15 Å². The fourth-order valence-corrected chi connectivity index (χ4v) is 3.57. The smallest absolute Gasteiger partial charge is 0.409 e. The van der Waals surface area contributed by atoms with E-state index < -0.39 is 6.10 Å². The van der Waals surface area contributed by atoms with Gasteiger partial charge in [-0.3, -0.25) is 0 Å². The zero-order valence-corrected chi connectivity index (χ0v) is 18.3. The molecule has 0 saturated carbocycles. The highest BCUT2D eigenvalue weighted by molar-refractivity contribution is 6.29. The first-order valence-electron chi connectivity index (χ1n) is 10.3. The maximum atomic E-state index is 12.1. The number of rotatable bonds is 7. The number of β-amino-alcohol motifs (C(OH)–C–C–N with tert-alkyl or cyclic N) is 1. The molecule has 2 unspecified atom stereocenters. The summed E-state index contributed by atoms with van der Waals surface area (Å²) in [7, 11) is 0. The van der Waals surface area contributed by atoms with E-state index in [1.165, 1.54) is 0 Å². The van der Waals surface area contributed by atoms with Crippen LogP contribution in [0.3, 0.4) is 0 Å². The Kier molecular flexibility index (Phi) is 7.49. The molecule has 3 rings (SSSR count). The lowest BCUT2D eigenvalue weighted by atomic mass is 10.0. The zero-order valence-electron chi connectivity index (χ0n) is 17.6. The number of carbonyl (C=O) groups is 1. The van der Waals surface area contributed by atoms with E-state index in [-0.39, 0.29) is 24.7 Å². The van der Waals surface area contributed by atoms with Crippen molar-refractivity contribution < 1.29 is 14.6 Å². The van der Waals surface area contributed by atoms with Crippen LogP contribution in [-0.2, 0) is 4.74 Å². The Morgan fingerprint density at radius 3 is 2.97 bits per heavy atom. The van der Waals surface area contributed by atoms with Crippen molar-refractivity contribution in [1.82, 2.24) is 24.9 Å². The molecule has 1 saturated heterocycles. The summed E-state index contributed by atoms with van der Waals surface area (Å²) < 4.78 is 6.90. The number of carbonyl (C=O) groups excluding carboxylic acids is 1. The van der Waals surface area contributed by atoms with E-state index in [0.717, 1.165) is 24.1 Å². The number of ether oxygens (including phenoxy) is 1. The summed E-state index contributed by atoms with van der Waals surface area (Å²) in [4.78, 5) is 17.8. The van der Waals surface area contributed by atoms with E-state index in [2.05, 4.69) is 20.6 Å². The monoisotopic (exact) mass is 436 g/mol. The fraction of sp³-hybridized carbons (Fsp3) is 0.600. The van der Waals surface area contributed by atoms with Crippen molar-refractivity contribution in [2.45, 2.75) is 58.2 Å². The molecule has 2 aromatic rings. The fourth-order valence-electron chi connectivity index (χ4n) is 3.42. The minimum atomic E-state index is -0.761. The SMILES string of the molecule is CCCCOC(=O)N1CCC(n2cc(-c3cnc(Cl)cc3NC(C)C)nn2)C(O)C1. The lowest BCUT2D eigenvalue weighted by Gasteiger charge is -2.35. The van der Waals surface area contributed by atoms with Gasteiger partial charge < -0.3 is 20.1 Å². The highest BCUT2D eigenvalue weighted by atomic mass is 35.5. The third-order valence-corrected chi connectivity index (χ3v) is 5.18. The van der Waals surface area contributed by atoms with Crippen LogP contribution < -0.4 is 5.32 Å². The molecular weight excluding hydrogens is 408 g/mol. The molecule has 9 nitrogen and oxygen atoms in total. The van der Waals surface area contributed by atoms with Crippen molar-refractivity contribution in [3.8, 4) is 11.3 Å². The number of piperidine rings is 1. The molecule has 0 aliphatic carbocycles. The minimum Gasteiger partial charge on any atom is -0.449 e. The van der Waals surface area contributed by atoms with Gasteiger partial charge in [-0.25, -0.2) is 14.5 Å². The van der Waals surface area contributed by atoms with Gasteiger partial charge >= 0.3 is 6.09 Å². The summed E-state index contributed by atoms with van der Waals surface area (Å²) in [6.45, 7) is 7.20. The second-order valence-electron chi connectivity index (χ2n) is 7.77. The van der Waals surface area contributed by atoms with Crippen LogP contribution in [0.25, 0.3) is 11.3 Å². The highest BCUT2D eigenvalue weighted by Gasteiger charge is 2.33. The van der Waals surface area contributed by atoms with E-state index in [0.29, 0.717) is 30.4 Å². The van der Waals surface area contributed by atoms with Gasteiger partial charge in [-0.05, 0) is 32.8 Å². The Labute approximate surface area is 181 Å². The second-order valence-corrected chi connectivity index (χ2v) is 8.16. The molecule has 3 heterocycles. The Balaban J connectivity index is 1.69. The van der Waals surface area contributed by atoms with Gasteiger partial charge in [0.15, 0.2) is 0 Å². The van der Waals surface area contributed by atoms with Gasteiger partial charge in [0, 0.05) is 30.0 Å². The van der Waals surface area contributed by atoms with Gasteiger partial charge in [-0.2, -0.15) is 0 Å². The molecule has 1 fully saturated rings. The molecule has 0 spiro atoms. The average Bonchev–Trinajstić information content (AvgIpc) is 3.17. The normalized spacial score (nSPS) is 19.2. The maximum absolute atomic E-state index is 12.1. The van der Waals surface area contributed by atoms with Crippen molar-refractivity contribution >= 4 is 23.4 Å². The zero-order chi connectivity index (χ0) is 21.7. The number of anilines is 1. The number of halogens is 1. The number of nitrogens with zero attached hydrogens (tertiary/aromatic N) is 5. The van der Waals surface area contributed by atoms with Gasteiger partial charge in [-0.15, -0.1) is 5.10 Å². The second kappa shape index (κ2) is 10.1. The van der Waals surface area contributed by atoms with Crippen LogP contribution in [0, 0.1) is 0 Å². The van der Waals surface area contributed by atoms with Crippen LogP contribution in [0.15, 0.2) is 18.5 Å². The topological polar surface area (TPSA) is 105 Å². The van der Waals surface area contributed by atoms with Gasteiger partial charge in [0.1, 0.15) is 10.8 Å². The first-order valence-corrected chi connectivity index (χ1v) is 10.7. The molecule has 1 amide bonds. The molecular formula is C20H29ClN6O3. The lowest BCUT2D eigenvalue weighted by Crippen LogP contribution is -2.47. The number of amides is 1. The van der Waals surface area contributed by atoms with Gasteiger partial charge in [-0.1, -0.05) is 30.2 Å². The molecule has 1 aliphatic rings. The third-order valence-electron chi connectivity index (χ3n) is 4.97. The molecule has 164 valence electrons. The summed E-state index contributed by atoms with van der Waals surface area (Å²) >= 11 is 6.05. The molecule has 0 bridgehead atoms. The molecule has 30 heavy (non-hydrogen) atoms. The largest absolute Gasteiger partial charge is 0.449 e. The molecule has 0 radical (unpaired) electrons. The molecule has 1 aliphatic heterocycles. The summed E-state index contributed by atoms with van der Waals surface area (Å²) in [5.74, 6) is 0. The summed E-state index contributed by atoms with van der Waals surface area (Å²) in [5.41, 5.74) is 2.24. The standard InChI is InChI=1S/C20H29ClN6O3/c1-4-5-8-30-20(29)26-7-6-17(18(28)12-26)27-11-16(24-25-27)14-10-22-19(21)9-15(14)23-13(2)3/h9-11,13,17-18,28H,4-8,12H2,1-3H3,(H,22,23). The van der Waals surface area contributed by atoms with Crippen molar-refractivity contribution in [1.29, 1.82) is 0 Å². The van der Waals surface area contributed by atoms with Crippen LogP contribution in [-0.4, -0.2) is 67.9 Å². The number of nitrogens with one attached hydrogen (secondary N) is 1. The Morgan fingerprint density at radius 2 is 2.27 bits per heavy atom. The van der Waals surface area contributed by atoms with Crippen LogP contribution in [0.1, 0.15) is 46.1 Å². The molecule has 0 aromatic carbocycles. The van der Waals surface area contributed by atoms with E-state index in [9.17, 15) is 9.90 Å². The van der Waals surface area contributed by atoms with E-state index >= 15 is 0 Å². The number of unbranched alkanes of at least 4 members (excludes halogenated alkanes) is 1. The summed E-state index contributed by atoms with van der Waals surface area (Å²) in [6, 6.07) is 1.70. The van der Waals surface area contributed by atoms with Gasteiger partial charge in [0.05, 0.1) is 31.5 Å². The van der Waals surface area contributed by atoms with Gasteiger partial charge in [0.2, 0.25) is 0 Å². The number of pyridine rings is 1. The Hall–Kier alpha value is -2.39. The summed E-state index contributed by atoms with van der Waals surface area (Å²) in [5, 5.41) is 22.8. The van der Waals surface area contributed by atoms with E-state index in [1.807, 2.05) is 20.8 Å². The number of hydrogen-bond donors (Lipinski definition) is 2. The number of likely N-dealkylation sites (tertiary alicyclic amines) is 1. The van der Waals surface area contributed by atoms with E-state index in [1.54, 1.807) is 28.0 Å². The van der Waals surface area contributed by atoms with Crippen LogP contribution >= 0.6 is 11.6 Å². The number of aliphatic hydroxyl groups excluding tert-OH is 1. The maximum Gasteiger partial charge on any atom is 0.409 e. The van der Waals surface area contributed by atoms with Crippen molar-refractivity contribution in [3.63, 3.8) is 0 Å². The van der Waals surface area contributed by atoms with Gasteiger partial charge in [0.25, 0.3) is 0 Å². The van der Waals surface area contributed by atoms with Crippen molar-refractivity contribution in [2.75, 3.05) is 25.0 Å². The third kappa shape index (κ3) is 5.40. The first kappa shape index (κ1) is 22.3. The Bertz CT molecular complexity index is 859. The molecule has 2 N–H and O–H groups in total. The molecule has 2 atom stereocenters. The average molecular weight is 437 g/mol. The van der Waals surface area contributed by atoms with Crippen LogP contribution in [0.5, 0.6) is 0 Å².